The minimum atomic E-state index is -0.321. The van der Waals surface area contributed by atoms with Crippen molar-refractivity contribution in [3.05, 3.63) is 83.4 Å². The summed E-state index contributed by atoms with van der Waals surface area (Å²) in [6.07, 6.45) is 3.22. The van der Waals surface area contributed by atoms with Crippen molar-refractivity contribution in [3.63, 3.8) is 0 Å². The molecule has 0 saturated heterocycles. The van der Waals surface area contributed by atoms with Gasteiger partial charge in [0, 0.05) is 10.1 Å². The topological polar surface area (TPSA) is 0 Å². The van der Waals surface area contributed by atoms with Gasteiger partial charge in [0.15, 0.2) is 0 Å². The van der Waals surface area contributed by atoms with Crippen molar-refractivity contribution < 1.29 is 8.78 Å². The van der Waals surface area contributed by atoms with E-state index in [0.29, 0.717) is 21.2 Å². The van der Waals surface area contributed by atoms with Crippen molar-refractivity contribution in [2.24, 2.45) is 0 Å². The van der Waals surface area contributed by atoms with E-state index in [-0.39, 0.29) is 11.6 Å². The number of benzene rings is 2. The van der Waals surface area contributed by atoms with E-state index in [4.69, 9.17) is 23.2 Å². The summed E-state index contributed by atoms with van der Waals surface area (Å²) in [4.78, 5) is 0. The molecular weight excluding hydrogens is 301 g/mol. The van der Waals surface area contributed by atoms with Gasteiger partial charge < -0.3 is 0 Å². The monoisotopic (exact) mass is 310 g/mol. The van der Waals surface area contributed by atoms with E-state index in [2.05, 4.69) is 0 Å². The number of halogens is 4. The van der Waals surface area contributed by atoms with Gasteiger partial charge in [-0.2, -0.15) is 0 Å². The van der Waals surface area contributed by atoms with Gasteiger partial charge in [0.1, 0.15) is 11.6 Å². The lowest BCUT2D eigenvalue weighted by Gasteiger charge is -2.00. The third kappa shape index (κ3) is 3.92. The van der Waals surface area contributed by atoms with E-state index in [1.807, 2.05) is 0 Å². The van der Waals surface area contributed by atoms with E-state index >= 15 is 0 Å². The Morgan fingerprint density at radius 1 is 0.650 bits per heavy atom. The molecule has 2 rings (SSSR count). The molecule has 0 spiro atoms. The van der Waals surface area contributed by atoms with Crippen LogP contribution in [0.15, 0.2) is 60.7 Å². The standard InChI is InChI=1S/C16H10Cl2F2/c17-15(11-1-5-13(19)6-2-11)9-10-16(18)12-3-7-14(20)8-4-12/h1-10H/b15-9-,16-10-. The number of hydrogen-bond donors (Lipinski definition) is 0. The minimum Gasteiger partial charge on any atom is -0.207 e. The molecule has 0 saturated carbocycles. The SMILES string of the molecule is Fc1ccc(/C(Cl)=C/C=C(\Cl)c2ccc(F)cc2)cc1. The molecule has 2 aromatic carbocycles. The molecule has 0 fully saturated rings. The molecule has 0 radical (unpaired) electrons. The van der Waals surface area contributed by atoms with Crippen LogP contribution < -0.4 is 0 Å². The summed E-state index contributed by atoms with van der Waals surface area (Å²) < 4.78 is 25.6. The van der Waals surface area contributed by atoms with Gasteiger partial charge in [-0.15, -0.1) is 0 Å². The van der Waals surface area contributed by atoms with Crippen molar-refractivity contribution >= 4 is 33.3 Å². The second-order valence-corrected chi connectivity index (χ2v) is 4.86. The maximum absolute atomic E-state index is 12.8. The third-order valence-corrected chi connectivity index (χ3v) is 3.30. The Balaban J connectivity index is 2.19. The first-order chi connectivity index (χ1) is 9.56. The van der Waals surface area contributed by atoms with E-state index in [9.17, 15) is 8.78 Å². The second-order valence-electron chi connectivity index (χ2n) is 4.04. The first-order valence-electron chi connectivity index (χ1n) is 5.81. The Labute approximate surface area is 126 Å². The number of rotatable bonds is 3. The van der Waals surface area contributed by atoms with Gasteiger partial charge in [-0.05, 0) is 47.5 Å². The fourth-order valence-electron chi connectivity index (χ4n) is 1.56. The predicted molar refractivity (Wildman–Crippen MR) is 80.5 cm³/mol. The molecule has 20 heavy (non-hydrogen) atoms. The Morgan fingerprint density at radius 3 is 1.25 bits per heavy atom. The minimum absolute atomic E-state index is 0.321. The highest BCUT2D eigenvalue weighted by atomic mass is 35.5. The first-order valence-corrected chi connectivity index (χ1v) is 6.57. The van der Waals surface area contributed by atoms with E-state index in [1.54, 1.807) is 36.4 Å². The van der Waals surface area contributed by atoms with Crippen LogP contribution in [0, 0.1) is 11.6 Å². The zero-order valence-corrected chi connectivity index (χ0v) is 11.8. The molecule has 0 aliphatic carbocycles. The van der Waals surface area contributed by atoms with Crippen molar-refractivity contribution in [3.8, 4) is 0 Å². The Bertz CT molecular complexity index is 582. The molecule has 0 atom stereocenters. The zero-order valence-electron chi connectivity index (χ0n) is 10.3. The zero-order chi connectivity index (χ0) is 14.5. The van der Waals surface area contributed by atoms with Crippen LogP contribution in [0.1, 0.15) is 11.1 Å². The Hall–Kier alpha value is -1.64. The van der Waals surface area contributed by atoms with Crippen molar-refractivity contribution in [1.29, 1.82) is 0 Å². The van der Waals surface area contributed by atoms with Crippen LogP contribution >= 0.6 is 23.2 Å². The average Bonchev–Trinajstić information content (AvgIpc) is 2.46. The summed E-state index contributed by atoms with van der Waals surface area (Å²) in [6, 6.07) is 11.6. The summed E-state index contributed by atoms with van der Waals surface area (Å²) in [5.41, 5.74) is 1.38. The maximum atomic E-state index is 12.8. The number of allylic oxidation sites excluding steroid dienone is 2. The molecule has 0 aromatic heterocycles. The summed E-state index contributed by atoms with van der Waals surface area (Å²) in [6.45, 7) is 0. The largest absolute Gasteiger partial charge is 0.207 e. The van der Waals surface area contributed by atoms with Crippen LogP contribution in [0.4, 0.5) is 8.78 Å². The third-order valence-electron chi connectivity index (χ3n) is 2.62. The number of hydrogen-bond acceptors (Lipinski definition) is 0. The molecular formula is C16H10Cl2F2. The van der Waals surface area contributed by atoms with E-state index < -0.39 is 0 Å². The molecule has 0 N–H and O–H groups in total. The van der Waals surface area contributed by atoms with Gasteiger partial charge in [0.05, 0.1) is 0 Å². The van der Waals surface area contributed by atoms with Crippen molar-refractivity contribution in [2.75, 3.05) is 0 Å². The van der Waals surface area contributed by atoms with Gasteiger partial charge in [0.2, 0.25) is 0 Å². The van der Waals surface area contributed by atoms with Crippen LogP contribution in [0.2, 0.25) is 0 Å². The molecule has 0 heterocycles. The lowest BCUT2D eigenvalue weighted by atomic mass is 10.1. The molecule has 0 nitrogen and oxygen atoms in total. The van der Waals surface area contributed by atoms with E-state index in [1.165, 1.54) is 24.3 Å². The fourth-order valence-corrected chi connectivity index (χ4v) is 1.93. The van der Waals surface area contributed by atoms with Crippen LogP contribution in [-0.4, -0.2) is 0 Å². The predicted octanol–water partition coefficient (Wildman–Crippen LogP) is 5.82. The molecule has 0 unspecified atom stereocenters. The quantitative estimate of drug-likeness (QED) is 0.626. The van der Waals surface area contributed by atoms with E-state index in [0.717, 1.165) is 0 Å². The highest BCUT2D eigenvalue weighted by Gasteiger charge is 2.00. The Kier molecular flexibility index (Phi) is 4.94. The summed E-state index contributed by atoms with van der Waals surface area (Å²) in [5, 5.41) is 0.871. The molecule has 102 valence electrons. The fraction of sp³-hybridized carbons (Fsp3) is 0. The van der Waals surface area contributed by atoms with Gasteiger partial charge >= 0.3 is 0 Å². The molecule has 0 bridgehead atoms. The average molecular weight is 311 g/mol. The summed E-state index contributed by atoms with van der Waals surface area (Å²) in [5.74, 6) is -0.642. The highest BCUT2D eigenvalue weighted by molar-refractivity contribution is 6.50. The van der Waals surface area contributed by atoms with Crippen LogP contribution in [0.25, 0.3) is 10.1 Å². The lowest BCUT2D eigenvalue weighted by molar-refractivity contribution is 0.627. The Morgan fingerprint density at radius 2 is 0.950 bits per heavy atom. The summed E-state index contributed by atoms with van der Waals surface area (Å²) in [7, 11) is 0. The van der Waals surface area contributed by atoms with Gasteiger partial charge in [0.25, 0.3) is 0 Å². The molecule has 0 aliphatic rings. The van der Waals surface area contributed by atoms with Gasteiger partial charge in [-0.1, -0.05) is 47.5 Å². The van der Waals surface area contributed by atoms with Crippen LogP contribution in [-0.2, 0) is 0 Å². The second kappa shape index (κ2) is 6.69. The molecule has 4 heteroatoms. The maximum Gasteiger partial charge on any atom is 0.123 e. The highest BCUT2D eigenvalue weighted by Crippen LogP contribution is 2.23. The molecule has 2 aromatic rings. The van der Waals surface area contributed by atoms with Crippen molar-refractivity contribution in [2.45, 2.75) is 0 Å². The van der Waals surface area contributed by atoms with Crippen LogP contribution in [0.3, 0.4) is 0 Å². The summed E-state index contributed by atoms with van der Waals surface area (Å²) >= 11 is 12.2. The first kappa shape index (κ1) is 14.8. The lowest BCUT2D eigenvalue weighted by Crippen LogP contribution is -1.80. The van der Waals surface area contributed by atoms with Gasteiger partial charge in [-0.25, -0.2) is 8.78 Å². The molecule has 0 aliphatic heterocycles. The van der Waals surface area contributed by atoms with Crippen LogP contribution in [0.5, 0.6) is 0 Å². The normalized spacial score (nSPS) is 12.6. The van der Waals surface area contributed by atoms with Crippen molar-refractivity contribution in [1.82, 2.24) is 0 Å². The molecule has 0 amide bonds. The van der Waals surface area contributed by atoms with Gasteiger partial charge in [-0.3, -0.25) is 0 Å². The smallest absolute Gasteiger partial charge is 0.123 e.